The number of nitrogens with one attached hydrogen (secondary N) is 1. The summed E-state index contributed by atoms with van der Waals surface area (Å²) in [6, 6.07) is 5.18. The zero-order chi connectivity index (χ0) is 18.7. The minimum absolute atomic E-state index is 0.180. The number of ether oxygens (including phenoxy) is 1. The Bertz CT molecular complexity index is 624. The lowest BCUT2D eigenvalue weighted by molar-refractivity contribution is -0.0209. The molecule has 1 aromatic carbocycles. The molecule has 1 amide bonds. The molecule has 0 spiro atoms. The van der Waals surface area contributed by atoms with Gasteiger partial charge in [-0.25, -0.2) is 4.39 Å². The van der Waals surface area contributed by atoms with Crippen molar-refractivity contribution < 1.29 is 24.1 Å². The molecule has 26 heavy (non-hydrogen) atoms. The Morgan fingerprint density at radius 1 is 1.31 bits per heavy atom. The second-order valence-electron chi connectivity index (χ2n) is 6.94. The summed E-state index contributed by atoms with van der Waals surface area (Å²) in [6.07, 6.45) is -1.93. The summed E-state index contributed by atoms with van der Waals surface area (Å²) in [4.78, 5) is 16.6. The van der Waals surface area contributed by atoms with Crippen LogP contribution in [0.25, 0.3) is 0 Å². The Labute approximate surface area is 152 Å². The summed E-state index contributed by atoms with van der Waals surface area (Å²) in [7, 11) is 2.05. The van der Waals surface area contributed by atoms with Gasteiger partial charge in [-0.3, -0.25) is 9.69 Å². The first-order chi connectivity index (χ1) is 12.5. The van der Waals surface area contributed by atoms with Crippen LogP contribution in [0.2, 0.25) is 0 Å². The monoisotopic (exact) mass is 367 g/mol. The summed E-state index contributed by atoms with van der Waals surface area (Å²) in [6.45, 7) is 3.24. The van der Waals surface area contributed by atoms with Gasteiger partial charge >= 0.3 is 0 Å². The first-order valence-corrected chi connectivity index (χ1v) is 8.90. The number of piperazine rings is 1. The second-order valence-corrected chi connectivity index (χ2v) is 6.94. The fourth-order valence-electron chi connectivity index (χ4n) is 3.64. The lowest BCUT2D eigenvalue weighted by Crippen LogP contribution is -2.56. The van der Waals surface area contributed by atoms with Gasteiger partial charge in [-0.2, -0.15) is 0 Å². The number of carbonyl (C=O) groups excluding carboxylic acids is 1. The highest BCUT2D eigenvalue weighted by atomic mass is 19.1. The highest BCUT2D eigenvalue weighted by Gasteiger charge is 2.46. The summed E-state index contributed by atoms with van der Waals surface area (Å²) >= 11 is 0. The van der Waals surface area contributed by atoms with Crippen LogP contribution in [-0.4, -0.2) is 96.7 Å². The van der Waals surface area contributed by atoms with E-state index in [9.17, 15) is 19.4 Å². The van der Waals surface area contributed by atoms with E-state index in [0.717, 1.165) is 26.2 Å². The number of halogens is 1. The van der Waals surface area contributed by atoms with Gasteiger partial charge in [-0.05, 0) is 25.2 Å². The van der Waals surface area contributed by atoms with E-state index < -0.39 is 30.0 Å². The van der Waals surface area contributed by atoms with Gasteiger partial charge in [0.1, 0.15) is 18.0 Å². The quantitative estimate of drug-likeness (QED) is 0.638. The Hall–Kier alpha value is -1.58. The van der Waals surface area contributed by atoms with Crippen molar-refractivity contribution >= 4 is 5.91 Å². The molecule has 0 aromatic heterocycles. The predicted octanol–water partition coefficient (Wildman–Crippen LogP) is -0.708. The van der Waals surface area contributed by atoms with Gasteiger partial charge in [-0.1, -0.05) is 6.07 Å². The van der Waals surface area contributed by atoms with Crippen LogP contribution in [0.1, 0.15) is 10.4 Å². The molecule has 2 aliphatic rings. The molecule has 4 atom stereocenters. The Balaban J connectivity index is 1.65. The normalized spacial score (nSPS) is 30.5. The maximum atomic E-state index is 13.3. The maximum absolute atomic E-state index is 13.3. The van der Waals surface area contributed by atoms with E-state index >= 15 is 0 Å². The molecule has 0 saturated carbocycles. The van der Waals surface area contributed by atoms with Crippen molar-refractivity contribution in [1.82, 2.24) is 15.1 Å². The molecule has 2 heterocycles. The van der Waals surface area contributed by atoms with Gasteiger partial charge in [0.25, 0.3) is 5.91 Å². The van der Waals surface area contributed by atoms with Crippen molar-refractivity contribution in [2.24, 2.45) is 0 Å². The van der Waals surface area contributed by atoms with Crippen LogP contribution in [0.4, 0.5) is 4.39 Å². The minimum Gasteiger partial charge on any atom is -0.394 e. The third-order valence-corrected chi connectivity index (χ3v) is 5.15. The third-order valence-electron chi connectivity index (χ3n) is 5.15. The second kappa shape index (κ2) is 8.41. The summed E-state index contributed by atoms with van der Waals surface area (Å²) in [5, 5.41) is 22.8. The molecule has 3 rings (SSSR count). The van der Waals surface area contributed by atoms with Gasteiger partial charge in [0, 0.05) is 38.3 Å². The van der Waals surface area contributed by atoms with Gasteiger partial charge in [-0.15, -0.1) is 0 Å². The fraction of sp³-hybridized carbons (Fsp3) is 0.611. The summed E-state index contributed by atoms with van der Waals surface area (Å²) in [5.74, 6) is -0.868. The summed E-state index contributed by atoms with van der Waals surface area (Å²) < 4.78 is 19.1. The van der Waals surface area contributed by atoms with Crippen molar-refractivity contribution in [2.75, 3.05) is 46.4 Å². The number of hydrogen-bond acceptors (Lipinski definition) is 6. The maximum Gasteiger partial charge on any atom is 0.251 e. The van der Waals surface area contributed by atoms with Crippen molar-refractivity contribution in [3.05, 3.63) is 35.6 Å². The van der Waals surface area contributed by atoms with E-state index in [1.807, 2.05) is 7.05 Å². The first-order valence-electron chi connectivity index (χ1n) is 8.90. The van der Waals surface area contributed by atoms with E-state index in [1.165, 1.54) is 24.3 Å². The molecule has 2 saturated heterocycles. The molecule has 0 bridgehead atoms. The highest BCUT2D eigenvalue weighted by molar-refractivity contribution is 5.94. The molecule has 1 aromatic rings. The third kappa shape index (κ3) is 4.21. The molecular formula is C18H26FN3O4. The molecule has 4 unspecified atom stereocenters. The fourth-order valence-corrected chi connectivity index (χ4v) is 3.64. The van der Waals surface area contributed by atoms with Gasteiger partial charge in [0.2, 0.25) is 0 Å². The molecule has 7 nitrogen and oxygen atoms in total. The van der Waals surface area contributed by atoms with Gasteiger partial charge < -0.3 is 25.2 Å². The Kier molecular flexibility index (Phi) is 6.20. The van der Waals surface area contributed by atoms with Crippen LogP contribution in [0.3, 0.4) is 0 Å². The van der Waals surface area contributed by atoms with E-state index in [4.69, 9.17) is 4.74 Å². The number of benzene rings is 1. The average Bonchev–Trinajstić information content (AvgIpc) is 2.96. The van der Waals surface area contributed by atoms with Crippen LogP contribution < -0.4 is 5.32 Å². The lowest BCUT2D eigenvalue weighted by atomic mass is 10.0. The first kappa shape index (κ1) is 19.2. The van der Waals surface area contributed by atoms with E-state index in [-0.39, 0.29) is 24.8 Å². The van der Waals surface area contributed by atoms with Gasteiger partial charge in [0.05, 0.1) is 18.8 Å². The number of nitrogens with zero attached hydrogens (tertiary/aromatic N) is 2. The Morgan fingerprint density at radius 2 is 2.04 bits per heavy atom. The number of likely N-dealkylation sites (N-methyl/N-ethyl adjacent to an activating group) is 1. The molecule has 0 aliphatic carbocycles. The van der Waals surface area contributed by atoms with Crippen molar-refractivity contribution in [1.29, 1.82) is 0 Å². The Morgan fingerprint density at radius 3 is 2.69 bits per heavy atom. The van der Waals surface area contributed by atoms with E-state index in [2.05, 4.69) is 15.1 Å². The number of aliphatic hydroxyl groups is 2. The van der Waals surface area contributed by atoms with Crippen LogP contribution in [0, 0.1) is 5.82 Å². The predicted molar refractivity (Wildman–Crippen MR) is 93.3 cm³/mol. The number of rotatable bonds is 5. The van der Waals surface area contributed by atoms with Crippen molar-refractivity contribution in [3.8, 4) is 0 Å². The smallest absolute Gasteiger partial charge is 0.251 e. The SMILES string of the molecule is CN1CCN(C2C(CNC(=O)c3cccc(F)c3)OC(CO)C2O)CC1. The number of hydrogen-bond donors (Lipinski definition) is 3. The molecule has 2 fully saturated rings. The minimum atomic E-state index is -0.820. The molecule has 144 valence electrons. The zero-order valence-electron chi connectivity index (χ0n) is 14.8. The van der Waals surface area contributed by atoms with E-state index in [1.54, 1.807) is 0 Å². The van der Waals surface area contributed by atoms with E-state index in [0.29, 0.717) is 0 Å². The van der Waals surface area contributed by atoms with Crippen LogP contribution in [-0.2, 0) is 4.74 Å². The standard InChI is InChI=1S/C18H26FN3O4/c1-21-5-7-22(8-6-21)16-14(26-15(11-23)17(16)24)10-20-18(25)12-3-2-4-13(19)9-12/h2-4,9,14-17,23-24H,5-8,10-11H2,1H3,(H,20,25). The highest BCUT2D eigenvalue weighted by Crippen LogP contribution is 2.26. The van der Waals surface area contributed by atoms with Crippen molar-refractivity contribution in [2.45, 2.75) is 24.4 Å². The molecule has 0 radical (unpaired) electrons. The number of amides is 1. The van der Waals surface area contributed by atoms with Crippen LogP contribution in [0.15, 0.2) is 24.3 Å². The number of carbonyl (C=O) groups is 1. The molecule has 2 aliphatic heterocycles. The largest absolute Gasteiger partial charge is 0.394 e. The topological polar surface area (TPSA) is 85.3 Å². The molecular weight excluding hydrogens is 341 g/mol. The molecule has 8 heteroatoms. The van der Waals surface area contributed by atoms with Crippen LogP contribution >= 0.6 is 0 Å². The number of aliphatic hydroxyl groups excluding tert-OH is 2. The summed E-state index contributed by atoms with van der Waals surface area (Å²) in [5.41, 5.74) is 0.235. The average molecular weight is 367 g/mol. The van der Waals surface area contributed by atoms with Gasteiger partial charge in [0.15, 0.2) is 0 Å². The van der Waals surface area contributed by atoms with Crippen molar-refractivity contribution in [3.63, 3.8) is 0 Å². The molecule has 3 N–H and O–H groups in total. The zero-order valence-corrected chi connectivity index (χ0v) is 14.8. The lowest BCUT2D eigenvalue weighted by Gasteiger charge is -2.39. The van der Waals surface area contributed by atoms with Crippen LogP contribution in [0.5, 0.6) is 0 Å².